The Kier molecular flexibility index (Phi) is 4.67. The minimum atomic E-state index is -0.458. The number of imide groups is 1. The molecule has 0 saturated heterocycles. The molecule has 1 aromatic heterocycles. The number of benzene rings is 2. The van der Waals surface area contributed by atoms with Crippen LogP contribution >= 0.6 is 0 Å². The van der Waals surface area contributed by atoms with E-state index < -0.39 is 17.7 Å². The topological polar surface area (TPSA) is 105 Å². The Balaban J connectivity index is 1.30. The van der Waals surface area contributed by atoms with Crippen molar-refractivity contribution in [3.63, 3.8) is 0 Å². The molecule has 0 aliphatic carbocycles. The van der Waals surface area contributed by atoms with Gasteiger partial charge in [-0.1, -0.05) is 47.6 Å². The van der Waals surface area contributed by atoms with Crippen molar-refractivity contribution in [2.24, 2.45) is 0 Å². The number of carbonyl (C=O) groups excluding carboxylic acids is 3. The normalized spacial score (nSPS) is 12.9. The summed E-state index contributed by atoms with van der Waals surface area (Å²) in [4.78, 5) is 41.9. The van der Waals surface area contributed by atoms with Crippen molar-refractivity contribution in [1.82, 2.24) is 20.4 Å². The highest BCUT2D eigenvalue weighted by atomic mass is 16.5. The fraction of sp³-hybridized carbons (Fsp3) is 0.150. The van der Waals surface area contributed by atoms with E-state index in [0.717, 1.165) is 10.5 Å². The summed E-state index contributed by atoms with van der Waals surface area (Å²) in [7, 11) is 0. The predicted molar refractivity (Wildman–Crippen MR) is 98.3 cm³/mol. The van der Waals surface area contributed by atoms with Crippen molar-refractivity contribution in [2.45, 2.75) is 6.42 Å². The van der Waals surface area contributed by atoms with Crippen LogP contribution in [0.4, 0.5) is 0 Å². The van der Waals surface area contributed by atoms with Crippen LogP contribution in [0.25, 0.3) is 11.4 Å². The van der Waals surface area contributed by atoms with Crippen LogP contribution in [0, 0.1) is 0 Å². The lowest BCUT2D eigenvalue weighted by Gasteiger charge is -2.13. The zero-order valence-electron chi connectivity index (χ0n) is 14.8. The molecule has 0 fully saturated rings. The first-order chi connectivity index (χ1) is 13.6. The molecule has 3 aromatic rings. The molecule has 28 heavy (non-hydrogen) atoms. The number of carbonyl (C=O) groups is 3. The molecule has 8 heteroatoms. The Bertz CT molecular complexity index is 1010. The van der Waals surface area contributed by atoms with E-state index in [1.807, 2.05) is 30.3 Å². The molecule has 1 N–H and O–H groups in total. The van der Waals surface area contributed by atoms with Gasteiger partial charge in [0, 0.05) is 18.5 Å². The molecule has 4 rings (SSSR count). The Hall–Kier alpha value is -3.81. The van der Waals surface area contributed by atoms with Crippen molar-refractivity contribution in [1.29, 1.82) is 0 Å². The summed E-state index contributed by atoms with van der Waals surface area (Å²) >= 11 is 0. The standard InChI is InChI=1S/C20H16N4O4/c25-16(12-24-19(26)14-8-4-5-9-15(14)20(24)27)21-11-10-17-22-18(23-28-17)13-6-2-1-3-7-13/h1-9H,10-12H2,(H,21,25). The lowest BCUT2D eigenvalue weighted by atomic mass is 10.1. The minimum Gasteiger partial charge on any atom is -0.354 e. The fourth-order valence-corrected chi connectivity index (χ4v) is 2.95. The van der Waals surface area contributed by atoms with Gasteiger partial charge in [-0.2, -0.15) is 4.98 Å². The van der Waals surface area contributed by atoms with E-state index in [2.05, 4.69) is 15.5 Å². The number of fused-ring (bicyclic) bond motifs is 1. The SMILES string of the molecule is O=C(CN1C(=O)c2ccccc2C1=O)NCCc1nc(-c2ccccc2)no1. The molecular formula is C20H16N4O4. The highest BCUT2D eigenvalue weighted by Gasteiger charge is 2.36. The Morgan fingerprint density at radius 1 is 0.964 bits per heavy atom. The molecule has 0 spiro atoms. The van der Waals surface area contributed by atoms with Crippen molar-refractivity contribution in [3.8, 4) is 11.4 Å². The molecule has 1 aliphatic heterocycles. The summed E-state index contributed by atoms with van der Waals surface area (Å²) < 4.78 is 5.18. The molecule has 0 bridgehead atoms. The van der Waals surface area contributed by atoms with Crippen LogP contribution in [0.2, 0.25) is 0 Å². The first-order valence-electron chi connectivity index (χ1n) is 8.73. The molecular weight excluding hydrogens is 360 g/mol. The quantitative estimate of drug-likeness (QED) is 0.657. The first kappa shape index (κ1) is 17.6. The van der Waals surface area contributed by atoms with E-state index in [9.17, 15) is 14.4 Å². The van der Waals surface area contributed by atoms with Gasteiger partial charge >= 0.3 is 0 Å². The van der Waals surface area contributed by atoms with Gasteiger partial charge in [0.15, 0.2) is 0 Å². The van der Waals surface area contributed by atoms with Crippen LogP contribution in [0.3, 0.4) is 0 Å². The van der Waals surface area contributed by atoms with E-state index >= 15 is 0 Å². The fourth-order valence-electron chi connectivity index (χ4n) is 2.95. The van der Waals surface area contributed by atoms with E-state index in [1.165, 1.54) is 0 Å². The summed E-state index contributed by atoms with van der Waals surface area (Å²) in [6.45, 7) is -0.0795. The second kappa shape index (κ2) is 7.43. The second-order valence-corrected chi connectivity index (χ2v) is 6.22. The van der Waals surface area contributed by atoms with Crippen LogP contribution in [-0.4, -0.2) is 45.9 Å². The molecule has 0 saturated carbocycles. The van der Waals surface area contributed by atoms with Gasteiger partial charge in [-0.25, -0.2) is 0 Å². The maximum absolute atomic E-state index is 12.3. The highest BCUT2D eigenvalue weighted by molar-refractivity contribution is 6.22. The van der Waals surface area contributed by atoms with Gasteiger partial charge in [-0.3, -0.25) is 19.3 Å². The lowest BCUT2D eigenvalue weighted by molar-refractivity contribution is -0.121. The summed E-state index contributed by atoms with van der Waals surface area (Å²) in [5.74, 6) is -0.481. The van der Waals surface area contributed by atoms with Gasteiger partial charge in [0.1, 0.15) is 6.54 Å². The smallest absolute Gasteiger partial charge is 0.262 e. The maximum atomic E-state index is 12.3. The third-order valence-electron chi connectivity index (χ3n) is 4.34. The average Bonchev–Trinajstić information content (AvgIpc) is 3.28. The molecule has 2 aromatic carbocycles. The number of nitrogens with zero attached hydrogens (tertiary/aromatic N) is 3. The van der Waals surface area contributed by atoms with Crippen molar-refractivity contribution >= 4 is 17.7 Å². The van der Waals surface area contributed by atoms with E-state index in [4.69, 9.17) is 4.52 Å². The summed E-state index contributed by atoms with van der Waals surface area (Å²) in [5, 5.41) is 6.58. The molecule has 2 heterocycles. The van der Waals surface area contributed by atoms with Gasteiger partial charge in [0.25, 0.3) is 11.8 Å². The number of aromatic nitrogens is 2. The summed E-state index contributed by atoms with van der Waals surface area (Å²) in [6, 6.07) is 15.9. The zero-order valence-corrected chi connectivity index (χ0v) is 14.8. The van der Waals surface area contributed by atoms with Gasteiger partial charge in [0.05, 0.1) is 11.1 Å². The van der Waals surface area contributed by atoms with Crippen LogP contribution in [-0.2, 0) is 11.2 Å². The zero-order chi connectivity index (χ0) is 19.5. The number of nitrogens with one attached hydrogen (secondary N) is 1. The minimum absolute atomic E-state index is 0.248. The highest BCUT2D eigenvalue weighted by Crippen LogP contribution is 2.21. The third-order valence-corrected chi connectivity index (χ3v) is 4.34. The number of rotatable bonds is 6. The van der Waals surface area contributed by atoms with Crippen LogP contribution in [0.5, 0.6) is 0 Å². The average molecular weight is 376 g/mol. The molecule has 0 atom stereocenters. The number of hydrogen-bond acceptors (Lipinski definition) is 6. The van der Waals surface area contributed by atoms with Crippen LogP contribution < -0.4 is 5.32 Å². The molecule has 0 radical (unpaired) electrons. The Morgan fingerprint density at radius 3 is 2.29 bits per heavy atom. The second-order valence-electron chi connectivity index (χ2n) is 6.22. The van der Waals surface area contributed by atoms with Crippen LogP contribution in [0.1, 0.15) is 26.6 Å². The molecule has 140 valence electrons. The van der Waals surface area contributed by atoms with E-state index in [0.29, 0.717) is 29.3 Å². The largest absolute Gasteiger partial charge is 0.354 e. The molecule has 3 amide bonds. The number of amides is 3. The Morgan fingerprint density at radius 2 is 1.61 bits per heavy atom. The van der Waals surface area contributed by atoms with Gasteiger partial charge in [-0.15, -0.1) is 0 Å². The van der Waals surface area contributed by atoms with Gasteiger partial charge in [0.2, 0.25) is 17.6 Å². The van der Waals surface area contributed by atoms with Crippen molar-refractivity contribution in [3.05, 3.63) is 71.6 Å². The van der Waals surface area contributed by atoms with E-state index in [-0.39, 0.29) is 13.1 Å². The predicted octanol–water partition coefficient (Wildman–Crippen LogP) is 1.69. The number of hydrogen-bond donors (Lipinski definition) is 1. The molecule has 8 nitrogen and oxygen atoms in total. The molecule has 1 aliphatic rings. The van der Waals surface area contributed by atoms with E-state index in [1.54, 1.807) is 24.3 Å². The summed E-state index contributed by atoms with van der Waals surface area (Å²) in [5.41, 5.74) is 1.48. The molecule has 0 unspecified atom stereocenters. The maximum Gasteiger partial charge on any atom is 0.262 e. The summed E-state index contributed by atoms with van der Waals surface area (Å²) in [6.07, 6.45) is 0.341. The lowest BCUT2D eigenvalue weighted by Crippen LogP contribution is -2.40. The first-order valence-corrected chi connectivity index (χ1v) is 8.73. The van der Waals surface area contributed by atoms with Gasteiger partial charge in [-0.05, 0) is 12.1 Å². The Labute approximate surface area is 160 Å². The van der Waals surface area contributed by atoms with Gasteiger partial charge < -0.3 is 9.84 Å². The monoisotopic (exact) mass is 376 g/mol. The third kappa shape index (κ3) is 3.39. The van der Waals surface area contributed by atoms with Crippen LogP contribution in [0.15, 0.2) is 59.1 Å². The van der Waals surface area contributed by atoms with Crippen molar-refractivity contribution < 1.29 is 18.9 Å². The van der Waals surface area contributed by atoms with Crippen molar-refractivity contribution in [2.75, 3.05) is 13.1 Å².